The number of carbonyl (C=O) groups excluding carboxylic acids is 2. The van der Waals surface area contributed by atoms with Crippen molar-refractivity contribution in [3.05, 3.63) is 0 Å². The summed E-state index contributed by atoms with van der Waals surface area (Å²) in [6, 6.07) is 0. The van der Waals surface area contributed by atoms with Crippen molar-refractivity contribution in [2.24, 2.45) is 10.9 Å². The first-order chi connectivity index (χ1) is 9.63. The van der Waals surface area contributed by atoms with Crippen LogP contribution in [-0.2, 0) is 9.53 Å². The molecule has 0 spiro atoms. The predicted molar refractivity (Wildman–Crippen MR) is 82.0 cm³/mol. The maximum atomic E-state index is 12.1. The Bertz CT molecular complexity index is 406. The van der Waals surface area contributed by atoms with Crippen molar-refractivity contribution in [2.45, 2.75) is 71.4 Å². The number of ether oxygens (including phenoxy) is 1. The molecule has 0 aliphatic carbocycles. The van der Waals surface area contributed by atoms with Gasteiger partial charge in [-0.05, 0) is 66.2 Å². The number of carbonyl (C=O) groups is 1. The number of hydrogen-bond donors (Lipinski definition) is 0. The average molecular weight is 296 g/mol. The molecule has 0 saturated carbocycles. The molecule has 0 aromatic heterocycles. The molecular weight excluding hydrogens is 268 g/mol. The Labute approximate surface area is 127 Å². The van der Waals surface area contributed by atoms with Crippen LogP contribution in [-0.4, -0.2) is 41.3 Å². The lowest BCUT2D eigenvalue weighted by molar-refractivity contribution is 0.0159. The number of piperidine rings is 1. The molecule has 0 radical (unpaired) electrons. The van der Waals surface area contributed by atoms with Crippen molar-refractivity contribution < 1.29 is 14.3 Å². The van der Waals surface area contributed by atoms with Crippen molar-refractivity contribution in [3.8, 4) is 0 Å². The summed E-state index contributed by atoms with van der Waals surface area (Å²) in [4.78, 5) is 28.1. The van der Waals surface area contributed by atoms with Crippen LogP contribution in [0.15, 0.2) is 4.99 Å². The lowest BCUT2D eigenvalue weighted by atomic mass is 9.88. The van der Waals surface area contributed by atoms with E-state index in [2.05, 4.69) is 4.99 Å². The quantitative estimate of drug-likeness (QED) is 0.589. The van der Waals surface area contributed by atoms with E-state index in [-0.39, 0.29) is 11.6 Å². The van der Waals surface area contributed by atoms with Crippen LogP contribution in [0.2, 0.25) is 0 Å². The standard InChI is InChI=1S/C16H28N2O3/c1-15(2,3)21-14(20)18-10-6-7-13(11-18)8-9-16(4,5)17-12-19/h13H,6-11H2,1-5H3. The van der Waals surface area contributed by atoms with Gasteiger partial charge in [-0.1, -0.05) is 0 Å². The molecule has 1 aliphatic rings. The Balaban J connectivity index is 2.49. The van der Waals surface area contributed by atoms with Gasteiger partial charge in [-0.2, -0.15) is 4.99 Å². The van der Waals surface area contributed by atoms with Gasteiger partial charge < -0.3 is 9.64 Å². The van der Waals surface area contributed by atoms with E-state index in [1.54, 1.807) is 11.0 Å². The van der Waals surface area contributed by atoms with Crippen LogP contribution in [0.1, 0.15) is 60.3 Å². The van der Waals surface area contributed by atoms with E-state index >= 15 is 0 Å². The lowest BCUT2D eigenvalue weighted by Gasteiger charge is -2.34. The van der Waals surface area contributed by atoms with Gasteiger partial charge in [-0.3, -0.25) is 0 Å². The molecule has 1 saturated heterocycles. The van der Waals surface area contributed by atoms with Crippen molar-refractivity contribution in [3.63, 3.8) is 0 Å². The van der Waals surface area contributed by atoms with Gasteiger partial charge in [0.2, 0.25) is 6.08 Å². The highest BCUT2D eigenvalue weighted by Gasteiger charge is 2.28. The van der Waals surface area contributed by atoms with Gasteiger partial charge in [0, 0.05) is 13.1 Å². The van der Waals surface area contributed by atoms with Gasteiger partial charge in [-0.15, -0.1) is 0 Å². The summed E-state index contributed by atoms with van der Waals surface area (Å²) in [5.41, 5.74) is -0.819. The van der Waals surface area contributed by atoms with E-state index in [0.29, 0.717) is 5.92 Å². The van der Waals surface area contributed by atoms with Gasteiger partial charge in [0.15, 0.2) is 0 Å². The second-order valence-corrected chi connectivity index (χ2v) is 7.49. The van der Waals surface area contributed by atoms with E-state index in [1.807, 2.05) is 34.6 Å². The topological polar surface area (TPSA) is 59.0 Å². The number of hydrogen-bond acceptors (Lipinski definition) is 4. The van der Waals surface area contributed by atoms with Crippen LogP contribution in [0.4, 0.5) is 4.79 Å². The number of isocyanates is 1. The first-order valence-electron chi connectivity index (χ1n) is 7.70. The van der Waals surface area contributed by atoms with Crippen molar-refractivity contribution in [2.75, 3.05) is 13.1 Å². The van der Waals surface area contributed by atoms with Crippen LogP contribution >= 0.6 is 0 Å². The number of amides is 1. The van der Waals surface area contributed by atoms with Crippen LogP contribution in [0.25, 0.3) is 0 Å². The van der Waals surface area contributed by atoms with E-state index in [4.69, 9.17) is 4.74 Å². The normalized spacial score (nSPS) is 19.9. The molecule has 120 valence electrons. The molecule has 21 heavy (non-hydrogen) atoms. The zero-order valence-corrected chi connectivity index (χ0v) is 13.9. The Morgan fingerprint density at radius 1 is 1.33 bits per heavy atom. The van der Waals surface area contributed by atoms with Crippen molar-refractivity contribution in [1.29, 1.82) is 0 Å². The molecule has 0 aromatic rings. The number of rotatable bonds is 4. The summed E-state index contributed by atoms with van der Waals surface area (Å²) >= 11 is 0. The van der Waals surface area contributed by atoms with Gasteiger partial charge >= 0.3 is 6.09 Å². The molecule has 1 fully saturated rings. The molecule has 0 N–H and O–H groups in total. The minimum atomic E-state index is -0.454. The third kappa shape index (κ3) is 6.76. The maximum absolute atomic E-state index is 12.1. The van der Waals surface area contributed by atoms with Crippen molar-refractivity contribution >= 4 is 12.2 Å². The second kappa shape index (κ2) is 7.08. The summed E-state index contributed by atoms with van der Waals surface area (Å²) in [6.45, 7) is 11.0. The fraction of sp³-hybridized carbons (Fsp3) is 0.875. The predicted octanol–water partition coefficient (Wildman–Crippen LogP) is 3.53. The SMILES string of the molecule is CC(C)(CCC1CCCN(C(=O)OC(C)(C)C)C1)N=C=O. The van der Waals surface area contributed by atoms with Crippen LogP contribution in [0, 0.1) is 5.92 Å². The monoisotopic (exact) mass is 296 g/mol. The molecule has 1 heterocycles. The molecule has 0 aromatic carbocycles. The number of likely N-dealkylation sites (tertiary alicyclic amines) is 1. The van der Waals surface area contributed by atoms with Gasteiger partial charge in [0.05, 0.1) is 5.54 Å². The second-order valence-electron chi connectivity index (χ2n) is 7.49. The van der Waals surface area contributed by atoms with Gasteiger partial charge in [0.25, 0.3) is 0 Å². The number of nitrogens with zero attached hydrogens (tertiary/aromatic N) is 2. The van der Waals surface area contributed by atoms with Crippen LogP contribution in [0.5, 0.6) is 0 Å². The summed E-state index contributed by atoms with van der Waals surface area (Å²) in [7, 11) is 0. The summed E-state index contributed by atoms with van der Waals surface area (Å²) in [5, 5.41) is 0. The zero-order valence-electron chi connectivity index (χ0n) is 13.9. The van der Waals surface area contributed by atoms with Crippen LogP contribution in [0.3, 0.4) is 0 Å². The molecule has 5 heteroatoms. The molecular formula is C16H28N2O3. The molecule has 1 amide bonds. The summed E-state index contributed by atoms with van der Waals surface area (Å²) in [6.07, 6.45) is 5.31. The molecule has 1 unspecified atom stereocenters. The minimum absolute atomic E-state index is 0.225. The van der Waals surface area contributed by atoms with E-state index < -0.39 is 5.60 Å². The fourth-order valence-electron chi connectivity index (χ4n) is 2.53. The van der Waals surface area contributed by atoms with Crippen LogP contribution < -0.4 is 0 Å². The molecule has 1 atom stereocenters. The Morgan fingerprint density at radius 2 is 2.00 bits per heavy atom. The fourth-order valence-corrected chi connectivity index (χ4v) is 2.53. The zero-order chi connectivity index (χ0) is 16.1. The first-order valence-corrected chi connectivity index (χ1v) is 7.70. The first kappa shape index (κ1) is 17.7. The molecule has 0 bridgehead atoms. The highest BCUT2D eigenvalue weighted by atomic mass is 16.6. The smallest absolute Gasteiger partial charge is 0.410 e. The van der Waals surface area contributed by atoms with Crippen molar-refractivity contribution in [1.82, 2.24) is 4.90 Å². The van der Waals surface area contributed by atoms with Gasteiger partial charge in [-0.25, -0.2) is 9.59 Å². The van der Waals surface area contributed by atoms with E-state index in [1.165, 1.54) is 0 Å². The Morgan fingerprint density at radius 3 is 2.57 bits per heavy atom. The lowest BCUT2D eigenvalue weighted by Crippen LogP contribution is -2.43. The Hall–Kier alpha value is -1.35. The van der Waals surface area contributed by atoms with Gasteiger partial charge in [0.1, 0.15) is 5.60 Å². The van der Waals surface area contributed by atoms with E-state index in [9.17, 15) is 9.59 Å². The summed E-state index contributed by atoms with van der Waals surface area (Å²) < 4.78 is 5.43. The minimum Gasteiger partial charge on any atom is -0.444 e. The molecule has 5 nitrogen and oxygen atoms in total. The summed E-state index contributed by atoms with van der Waals surface area (Å²) in [5.74, 6) is 0.451. The Kier molecular flexibility index (Phi) is 5.97. The highest BCUT2D eigenvalue weighted by Crippen LogP contribution is 2.26. The maximum Gasteiger partial charge on any atom is 0.410 e. The third-order valence-corrected chi connectivity index (χ3v) is 3.68. The third-order valence-electron chi connectivity index (χ3n) is 3.68. The molecule has 1 rings (SSSR count). The van der Waals surface area contributed by atoms with E-state index in [0.717, 1.165) is 38.8 Å². The molecule has 1 aliphatic heterocycles. The highest BCUT2D eigenvalue weighted by molar-refractivity contribution is 5.68. The number of aliphatic imine (C=N–C) groups is 1. The largest absolute Gasteiger partial charge is 0.444 e. The average Bonchev–Trinajstić information content (AvgIpc) is 2.35.